The number of amides is 3. The molecule has 2 N–H and O–H groups in total. The van der Waals surface area contributed by atoms with Crippen LogP contribution >= 0.6 is 0 Å². The number of hydrogen-bond acceptors (Lipinski definition) is 5. The van der Waals surface area contributed by atoms with E-state index in [-0.39, 0.29) is 11.7 Å². The van der Waals surface area contributed by atoms with Gasteiger partial charge in [0.2, 0.25) is 5.91 Å². The highest BCUT2D eigenvalue weighted by atomic mass is 16.2. The first kappa shape index (κ1) is 23.0. The van der Waals surface area contributed by atoms with Gasteiger partial charge < -0.3 is 5.73 Å². The molecule has 3 heterocycles. The molecule has 3 amide bonds. The normalized spacial score (nSPS) is 13.5. The molecule has 1 aliphatic heterocycles. The predicted octanol–water partition coefficient (Wildman–Crippen LogP) is 2.80. The highest BCUT2D eigenvalue weighted by Gasteiger charge is 2.33. The smallest absolute Gasteiger partial charge is 0.350 e. The molecule has 1 aliphatic rings. The monoisotopic (exact) mass is 483 g/mol. The molecule has 36 heavy (non-hydrogen) atoms. The molecule has 5 rings (SSSR count). The zero-order chi connectivity index (χ0) is 25.6. The lowest BCUT2D eigenvalue weighted by Crippen LogP contribution is -2.32. The molecule has 0 atom stereocenters. The van der Waals surface area contributed by atoms with Gasteiger partial charge in [0, 0.05) is 37.6 Å². The number of pyridine rings is 1. The fourth-order valence-corrected chi connectivity index (χ4v) is 4.58. The molecule has 2 aromatic carbocycles. The molecule has 0 radical (unpaired) electrons. The first-order valence-corrected chi connectivity index (χ1v) is 11.4. The van der Waals surface area contributed by atoms with Gasteiger partial charge in [0.15, 0.2) is 0 Å². The number of anilines is 2. The minimum Gasteiger partial charge on any atom is -0.366 e. The van der Waals surface area contributed by atoms with Crippen LogP contribution in [0.3, 0.4) is 0 Å². The average molecular weight is 484 g/mol. The first-order valence-electron chi connectivity index (χ1n) is 11.4. The van der Waals surface area contributed by atoms with Crippen LogP contribution in [0.1, 0.15) is 21.7 Å². The molecule has 2 aromatic heterocycles. The van der Waals surface area contributed by atoms with Crippen molar-refractivity contribution >= 4 is 23.4 Å². The summed E-state index contributed by atoms with van der Waals surface area (Å²) in [7, 11) is 1.62. The molecule has 0 bridgehead atoms. The summed E-state index contributed by atoms with van der Waals surface area (Å²) in [5, 5.41) is 4.18. The minimum absolute atomic E-state index is 0.207. The highest BCUT2D eigenvalue weighted by Crippen LogP contribution is 2.32. The van der Waals surface area contributed by atoms with E-state index in [0.29, 0.717) is 36.0 Å². The number of carbonyl (C=O) groups excluding carboxylic acids is 2. The minimum atomic E-state index is -0.542. The number of rotatable bonds is 5. The summed E-state index contributed by atoms with van der Waals surface area (Å²) in [4.78, 5) is 45.0. The van der Waals surface area contributed by atoms with Crippen molar-refractivity contribution < 1.29 is 9.59 Å². The van der Waals surface area contributed by atoms with Gasteiger partial charge in [0.25, 0.3) is 0 Å². The second-order valence-corrected chi connectivity index (χ2v) is 8.64. The summed E-state index contributed by atoms with van der Waals surface area (Å²) in [5.74, 6) is 0.644. The number of aromatic nitrogens is 4. The lowest BCUT2D eigenvalue weighted by molar-refractivity contribution is 0.1000. The van der Waals surface area contributed by atoms with Crippen LogP contribution < -0.4 is 21.2 Å². The summed E-state index contributed by atoms with van der Waals surface area (Å²) >= 11 is 0. The number of nitrogens with two attached hydrogens (primary N) is 1. The van der Waals surface area contributed by atoms with Crippen molar-refractivity contribution in [2.45, 2.75) is 13.8 Å². The number of urea groups is 1. The molecule has 1 saturated heterocycles. The van der Waals surface area contributed by atoms with Crippen molar-refractivity contribution in [3.63, 3.8) is 0 Å². The van der Waals surface area contributed by atoms with Gasteiger partial charge in [-0.3, -0.25) is 14.6 Å². The third kappa shape index (κ3) is 3.82. The van der Waals surface area contributed by atoms with Crippen LogP contribution in [0.4, 0.5) is 16.3 Å². The number of aryl methyl sites for hydroxylation is 2. The standard InChI is InChI=1S/C26H25N7O3/c1-16-22(18-7-9-20(10-8-18)33-17(2)29-30(3)25(33)35)11-12-28-24(16)32-14-13-31(26(32)36)21-6-4-5-19(15-21)23(27)34/h4-12,15H,13-14H2,1-3H3,(H2,27,34). The third-order valence-corrected chi connectivity index (χ3v) is 6.41. The van der Waals surface area contributed by atoms with Gasteiger partial charge >= 0.3 is 11.7 Å². The summed E-state index contributed by atoms with van der Waals surface area (Å²) < 4.78 is 2.86. The van der Waals surface area contributed by atoms with Crippen LogP contribution in [0, 0.1) is 13.8 Å². The van der Waals surface area contributed by atoms with Crippen LogP contribution in [0.2, 0.25) is 0 Å². The van der Waals surface area contributed by atoms with Crippen LogP contribution in [-0.2, 0) is 7.05 Å². The van der Waals surface area contributed by atoms with E-state index in [1.165, 1.54) is 4.68 Å². The molecule has 10 heteroatoms. The van der Waals surface area contributed by atoms with E-state index in [4.69, 9.17) is 5.73 Å². The Labute approximate surface area is 207 Å². The van der Waals surface area contributed by atoms with Gasteiger partial charge in [-0.15, -0.1) is 0 Å². The van der Waals surface area contributed by atoms with Crippen LogP contribution in [0.15, 0.2) is 65.6 Å². The Morgan fingerprint density at radius 1 is 0.944 bits per heavy atom. The van der Waals surface area contributed by atoms with Gasteiger partial charge in [0.05, 0.1) is 5.69 Å². The van der Waals surface area contributed by atoms with Crippen LogP contribution in [0.25, 0.3) is 16.8 Å². The Morgan fingerprint density at radius 3 is 2.33 bits per heavy atom. The van der Waals surface area contributed by atoms with E-state index in [1.807, 2.05) is 37.3 Å². The molecular weight excluding hydrogens is 458 g/mol. The van der Waals surface area contributed by atoms with Crippen molar-refractivity contribution in [3.05, 3.63) is 88.2 Å². The lowest BCUT2D eigenvalue weighted by atomic mass is 10.0. The summed E-state index contributed by atoms with van der Waals surface area (Å²) in [6, 6.07) is 16.0. The van der Waals surface area contributed by atoms with Crippen molar-refractivity contribution in [1.82, 2.24) is 19.3 Å². The van der Waals surface area contributed by atoms with Gasteiger partial charge in [-0.2, -0.15) is 5.10 Å². The van der Waals surface area contributed by atoms with E-state index in [9.17, 15) is 14.4 Å². The quantitative estimate of drug-likeness (QED) is 0.468. The Hall–Kier alpha value is -4.73. The highest BCUT2D eigenvalue weighted by molar-refractivity contribution is 6.07. The fourth-order valence-electron chi connectivity index (χ4n) is 4.58. The van der Waals surface area contributed by atoms with Gasteiger partial charge in [-0.25, -0.2) is 23.8 Å². The summed E-state index contributed by atoms with van der Waals surface area (Å²) in [6.07, 6.45) is 1.69. The topological polar surface area (TPSA) is 119 Å². The molecule has 0 aliphatic carbocycles. The molecule has 4 aromatic rings. The van der Waals surface area contributed by atoms with E-state index in [1.54, 1.807) is 58.8 Å². The average Bonchev–Trinajstić information content (AvgIpc) is 3.37. The van der Waals surface area contributed by atoms with E-state index in [2.05, 4.69) is 10.1 Å². The molecular formula is C26H25N7O3. The third-order valence-electron chi connectivity index (χ3n) is 6.41. The Bertz CT molecular complexity index is 1550. The van der Waals surface area contributed by atoms with Crippen LogP contribution in [0.5, 0.6) is 0 Å². The number of carbonyl (C=O) groups is 2. The molecule has 10 nitrogen and oxygen atoms in total. The van der Waals surface area contributed by atoms with Crippen molar-refractivity contribution in [2.24, 2.45) is 12.8 Å². The second kappa shape index (κ2) is 8.81. The molecule has 1 fully saturated rings. The second-order valence-electron chi connectivity index (χ2n) is 8.64. The fraction of sp³-hybridized carbons (Fsp3) is 0.192. The van der Waals surface area contributed by atoms with E-state index in [0.717, 1.165) is 22.4 Å². The number of hydrogen-bond donors (Lipinski definition) is 1. The van der Waals surface area contributed by atoms with E-state index < -0.39 is 5.91 Å². The van der Waals surface area contributed by atoms with Crippen molar-refractivity contribution in [2.75, 3.05) is 22.9 Å². The maximum atomic E-state index is 13.3. The Morgan fingerprint density at radius 2 is 1.67 bits per heavy atom. The number of primary amides is 1. The maximum Gasteiger partial charge on any atom is 0.350 e. The molecule has 182 valence electrons. The molecule has 0 unspecified atom stereocenters. The van der Waals surface area contributed by atoms with Gasteiger partial charge in [-0.1, -0.05) is 18.2 Å². The van der Waals surface area contributed by atoms with Gasteiger partial charge in [-0.05, 0) is 66.9 Å². The zero-order valence-corrected chi connectivity index (χ0v) is 20.2. The Kier molecular flexibility index (Phi) is 5.63. The summed E-state index contributed by atoms with van der Waals surface area (Å²) in [6.45, 7) is 4.64. The van der Waals surface area contributed by atoms with E-state index >= 15 is 0 Å². The van der Waals surface area contributed by atoms with Crippen molar-refractivity contribution in [3.8, 4) is 16.8 Å². The zero-order valence-electron chi connectivity index (χ0n) is 20.2. The predicted molar refractivity (Wildman–Crippen MR) is 137 cm³/mol. The number of benzene rings is 2. The molecule has 0 saturated carbocycles. The lowest BCUT2D eigenvalue weighted by Gasteiger charge is -2.21. The first-order chi connectivity index (χ1) is 17.3. The molecule has 0 spiro atoms. The van der Waals surface area contributed by atoms with Crippen molar-refractivity contribution in [1.29, 1.82) is 0 Å². The van der Waals surface area contributed by atoms with Gasteiger partial charge in [0.1, 0.15) is 11.6 Å². The summed E-state index contributed by atoms with van der Waals surface area (Å²) in [5.41, 5.74) is 9.62. The SMILES string of the molecule is Cc1c(-c2ccc(-n3c(C)nn(C)c3=O)cc2)ccnc1N1CCN(c2cccc(C(N)=O)c2)C1=O. The van der Waals surface area contributed by atoms with Crippen LogP contribution in [-0.4, -0.2) is 44.4 Å². The largest absolute Gasteiger partial charge is 0.366 e. The maximum absolute atomic E-state index is 13.3. The Balaban J connectivity index is 1.44. The number of nitrogens with zero attached hydrogens (tertiary/aromatic N) is 6.